The second kappa shape index (κ2) is 6.28. The van der Waals surface area contributed by atoms with Crippen LogP contribution in [0.25, 0.3) is 0 Å². The van der Waals surface area contributed by atoms with Gasteiger partial charge in [0, 0.05) is 12.7 Å². The highest BCUT2D eigenvalue weighted by atomic mass is 16.4. The van der Waals surface area contributed by atoms with Gasteiger partial charge < -0.3 is 10.4 Å². The number of nitrogens with one attached hydrogen (secondary N) is 1. The first-order valence-electron chi connectivity index (χ1n) is 7.15. The van der Waals surface area contributed by atoms with E-state index >= 15 is 0 Å². The van der Waals surface area contributed by atoms with E-state index in [-0.39, 0.29) is 24.2 Å². The number of aryl methyl sites for hydroxylation is 1. The van der Waals surface area contributed by atoms with Crippen molar-refractivity contribution in [2.45, 2.75) is 52.5 Å². The van der Waals surface area contributed by atoms with Crippen molar-refractivity contribution in [3.8, 4) is 0 Å². The molecule has 0 spiro atoms. The van der Waals surface area contributed by atoms with Crippen molar-refractivity contribution in [3.05, 3.63) is 17.5 Å². The number of carboxylic acids is 1. The van der Waals surface area contributed by atoms with Gasteiger partial charge in [0.1, 0.15) is 5.69 Å². The van der Waals surface area contributed by atoms with Crippen LogP contribution in [0.4, 0.5) is 0 Å². The Kier molecular flexibility index (Phi) is 5.15. The molecule has 0 saturated heterocycles. The van der Waals surface area contributed by atoms with Gasteiger partial charge in [-0.1, -0.05) is 27.7 Å². The molecular weight excluding hydrogens is 270 g/mol. The molecule has 0 radical (unpaired) electrons. The lowest BCUT2D eigenvalue weighted by Crippen LogP contribution is -2.51. The number of aliphatic carboxylic acids is 1. The normalized spacial score (nSPS) is 14.3. The Bertz CT molecular complexity index is 534. The van der Waals surface area contributed by atoms with Gasteiger partial charge in [-0.2, -0.15) is 5.10 Å². The summed E-state index contributed by atoms with van der Waals surface area (Å²) in [6.45, 7) is 9.58. The van der Waals surface area contributed by atoms with Crippen molar-refractivity contribution in [1.82, 2.24) is 15.1 Å². The number of hydrogen-bond acceptors (Lipinski definition) is 3. The summed E-state index contributed by atoms with van der Waals surface area (Å²) in [6, 6.07) is 1.75. The molecule has 1 aromatic heterocycles. The molecule has 1 aromatic rings. The Morgan fingerprint density at radius 1 is 1.38 bits per heavy atom. The summed E-state index contributed by atoms with van der Waals surface area (Å²) in [5, 5.41) is 16.1. The number of nitrogens with zero attached hydrogens (tertiary/aromatic N) is 2. The zero-order valence-electron chi connectivity index (χ0n) is 13.6. The second-order valence-corrected chi connectivity index (χ2v) is 6.33. The Morgan fingerprint density at radius 2 is 1.95 bits per heavy atom. The molecule has 0 aliphatic carbocycles. The fraction of sp³-hybridized carbons (Fsp3) is 0.667. The molecule has 0 bridgehead atoms. The van der Waals surface area contributed by atoms with Gasteiger partial charge in [-0.05, 0) is 24.8 Å². The first-order chi connectivity index (χ1) is 9.56. The topological polar surface area (TPSA) is 84.2 Å². The third-order valence-corrected chi connectivity index (χ3v) is 3.93. The molecule has 2 N–H and O–H groups in total. The predicted molar refractivity (Wildman–Crippen MR) is 80.3 cm³/mol. The molecule has 21 heavy (non-hydrogen) atoms. The van der Waals surface area contributed by atoms with Crippen LogP contribution in [0.5, 0.6) is 0 Å². The Balaban J connectivity index is 2.97. The van der Waals surface area contributed by atoms with Crippen LogP contribution in [0.3, 0.4) is 0 Å². The Morgan fingerprint density at radius 3 is 2.33 bits per heavy atom. The summed E-state index contributed by atoms with van der Waals surface area (Å²) >= 11 is 0. The zero-order valence-corrected chi connectivity index (χ0v) is 13.6. The van der Waals surface area contributed by atoms with Crippen LogP contribution in [0.15, 0.2) is 6.07 Å². The molecule has 0 aliphatic heterocycles. The van der Waals surface area contributed by atoms with E-state index in [2.05, 4.69) is 10.4 Å². The molecule has 6 heteroatoms. The Labute approximate surface area is 125 Å². The van der Waals surface area contributed by atoms with Gasteiger partial charge in [0.15, 0.2) is 0 Å². The lowest BCUT2D eigenvalue weighted by molar-refractivity contribution is -0.138. The summed E-state index contributed by atoms with van der Waals surface area (Å²) < 4.78 is 1.68. The molecule has 6 nitrogen and oxygen atoms in total. The number of amides is 1. The lowest BCUT2D eigenvalue weighted by atomic mass is 9.85. The molecule has 1 atom stereocenters. The number of aromatic nitrogens is 2. The summed E-state index contributed by atoms with van der Waals surface area (Å²) in [5.41, 5.74) is 0.474. The smallest absolute Gasteiger partial charge is 0.305 e. The minimum Gasteiger partial charge on any atom is -0.481 e. The molecule has 0 fully saturated rings. The molecule has 1 rings (SSSR count). The van der Waals surface area contributed by atoms with Gasteiger partial charge in [-0.25, -0.2) is 0 Å². The van der Waals surface area contributed by atoms with E-state index < -0.39 is 11.5 Å². The highest BCUT2D eigenvalue weighted by Crippen LogP contribution is 2.22. The van der Waals surface area contributed by atoms with Crippen molar-refractivity contribution in [3.63, 3.8) is 0 Å². The van der Waals surface area contributed by atoms with E-state index in [1.165, 1.54) is 0 Å². The summed E-state index contributed by atoms with van der Waals surface area (Å²) in [4.78, 5) is 23.4. The molecule has 0 aliphatic rings. The maximum absolute atomic E-state index is 12.4. The largest absolute Gasteiger partial charge is 0.481 e. The number of carboxylic acid groups (broad SMARTS) is 1. The molecule has 0 saturated carbocycles. The fourth-order valence-electron chi connectivity index (χ4n) is 2.16. The van der Waals surface area contributed by atoms with Crippen LogP contribution in [0.1, 0.15) is 63.1 Å². The third-order valence-electron chi connectivity index (χ3n) is 3.93. The van der Waals surface area contributed by atoms with Gasteiger partial charge >= 0.3 is 5.97 Å². The van der Waals surface area contributed by atoms with E-state index in [4.69, 9.17) is 5.11 Å². The second-order valence-electron chi connectivity index (χ2n) is 6.33. The highest BCUT2D eigenvalue weighted by Gasteiger charge is 2.33. The number of carbonyl (C=O) groups is 2. The molecular formula is C15H25N3O3. The summed E-state index contributed by atoms with van der Waals surface area (Å²) in [6.07, 6.45) is -0.125. The standard InChI is InChI=1S/C15H25N3O3/c1-9(2)12-7-11(17-18(12)6)14(21)16-15(5,10(3)4)8-13(19)20/h7,9-10H,8H2,1-6H3,(H,16,21)(H,19,20). The van der Waals surface area contributed by atoms with E-state index in [1.807, 2.05) is 27.7 Å². The average Bonchev–Trinajstić information content (AvgIpc) is 2.70. The minimum absolute atomic E-state index is 0.00849. The maximum Gasteiger partial charge on any atom is 0.305 e. The van der Waals surface area contributed by atoms with Gasteiger partial charge in [0.2, 0.25) is 0 Å². The number of carbonyl (C=O) groups excluding carboxylic acids is 1. The molecule has 1 heterocycles. The fourth-order valence-corrected chi connectivity index (χ4v) is 2.16. The van der Waals surface area contributed by atoms with E-state index in [1.54, 1.807) is 24.7 Å². The van der Waals surface area contributed by atoms with Crippen LogP contribution in [-0.4, -0.2) is 32.3 Å². The zero-order chi connectivity index (χ0) is 16.4. The van der Waals surface area contributed by atoms with Crippen LogP contribution >= 0.6 is 0 Å². The van der Waals surface area contributed by atoms with E-state index in [0.717, 1.165) is 5.69 Å². The van der Waals surface area contributed by atoms with E-state index in [9.17, 15) is 9.59 Å². The quantitative estimate of drug-likeness (QED) is 0.842. The minimum atomic E-state index is -0.935. The van der Waals surface area contributed by atoms with Crippen molar-refractivity contribution >= 4 is 11.9 Å². The van der Waals surface area contributed by atoms with Crippen molar-refractivity contribution in [1.29, 1.82) is 0 Å². The SMILES string of the molecule is CC(C)c1cc(C(=O)NC(C)(CC(=O)O)C(C)C)nn1C. The monoisotopic (exact) mass is 295 g/mol. The van der Waals surface area contributed by atoms with Crippen LogP contribution < -0.4 is 5.32 Å². The van der Waals surface area contributed by atoms with Crippen LogP contribution in [0, 0.1) is 5.92 Å². The highest BCUT2D eigenvalue weighted by molar-refractivity contribution is 5.93. The van der Waals surface area contributed by atoms with E-state index in [0.29, 0.717) is 5.69 Å². The van der Waals surface area contributed by atoms with Gasteiger partial charge in [-0.3, -0.25) is 14.3 Å². The van der Waals surface area contributed by atoms with Gasteiger partial charge in [0.05, 0.1) is 12.0 Å². The molecule has 1 amide bonds. The van der Waals surface area contributed by atoms with Gasteiger partial charge in [-0.15, -0.1) is 0 Å². The summed E-state index contributed by atoms with van der Waals surface area (Å²) in [5.74, 6) is -1.02. The van der Waals surface area contributed by atoms with Gasteiger partial charge in [0.25, 0.3) is 5.91 Å². The molecule has 0 aromatic carbocycles. The summed E-state index contributed by atoms with van der Waals surface area (Å²) in [7, 11) is 1.80. The van der Waals surface area contributed by atoms with Crippen molar-refractivity contribution < 1.29 is 14.7 Å². The van der Waals surface area contributed by atoms with Crippen molar-refractivity contribution in [2.24, 2.45) is 13.0 Å². The average molecular weight is 295 g/mol. The lowest BCUT2D eigenvalue weighted by Gasteiger charge is -2.33. The molecule has 118 valence electrons. The first-order valence-corrected chi connectivity index (χ1v) is 7.15. The third kappa shape index (κ3) is 4.06. The Hall–Kier alpha value is -1.85. The van der Waals surface area contributed by atoms with Crippen LogP contribution in [0.2, 0.25) is 0 Å². The van der Waals surface area contributed by atoms with Crippen LogP contribution in [-0.2, 0) is 11.8 Å². The first kappa shape index (κ1) is 17.2. The predicted octanol–water partition coefficient (Wildman–Crippen LogP) is 2.16. The molecule has 1 unspecified atom stereocenters. The maximum atomic E-state index is 12.4. The number of hydrogen-bond donors (Lipinski definition) is 2. The number of rotatable bonds is 6. The van der Waals surface area contributed by atoms with Crippen molar-refractivity contribution in [2.75, 3.05) is 0 Å².